The number of nitriles is 1. The number of morpholine rings is 2. The number of halogens is 4. The standard InChI is InChI=1S/C35H39F4N5O3S/c36-28-21-30(32(47-16-10-40)22-31(28)44-14-19-46-20-15-44)41-11-2-5-33-27(23-35(37,38)39)26-3-1-4-29(34(26)48-33)42-24-6-8-25(9-7-24)43-12-17-45-18-13-43/h1,3-4,21-22,24-25,41-42H,6-9,11-20,23H2. The maximum Gasteiger partial charge on any atom is 0.393 e. The molecule has 8 nitrogen and oxygen atoms in total. The van der Waals surface area contributed by atoms with Gasteiger partial charge in [0.2, 0.25) is 0 Å². The molecule has 256 valence electrons. The van der Waals surface area contributed by atoms with E-state index in [4.69, 9.17) is 19.5 Å². The van der Waals surface area contributed by atoms with Crippen LogP contribution >= 0.6 is 11.3 Å². The van der Waals surface area contributed by atoms with Gasteiger partial charge in [0.1, 0.15) is 17.6 Å². The topological polar surface area (TPSA) is 82.0 Å². The molecule has 1 saturated carbocycles. The fraction of sp³-hybridized carbons (Fsp3) is 0.514. The molecule has 2 N–H and O–H groups in total. The average molecular weight is 686 g/mol. The van der Waals surface area contributed by atoms with Gasteiger partial charge in [-0.25, -0.2) is 4.39 Å². The highest BCUT2D eigenvalue weighted by atomic mass is 32.1. The van der Waals surface area contributed by atoms with Gasteiger partial charge in [-0.1, -0.05) is 24.0 Å². The Morgan fingerprint density at radius 1 is 0.979 bits per heavy atom. The third-order valence-corrected chi connectivity index (χ3v) is 10.3. The Morgan fingerprint density at radius 2 is 1.71 bits per heavy atom. The molecule has 13 heteroatoms. The van der Waals surface area contributed by atoms with Gasteiger partial charge in [-0.05, 0) is 42.7 Å². The maximum atomic E-state index is 15.2. The summed E-state index contributed by atoms with van der Waals surface area (Å²) < 4.78 is 73.7. The normalized spacial score (nSPS) is 20.5. The molecule has 2 aliphatic heterocycles. The molecular formula is C35H39F4N5O3S. The lowest BCUT2D eigenvalue weighted by molar-refractivity contribution is -0.126. The molecule has 2 aromatic carbocycles. The van der Waals surface area contributed by atoms with Gasteiger partial charge in [0.05, 0.1) is 66.0 Å². The molecule has 1 aromatic heterocycles. The van der Waals surface area contributed by atoms with Gasteiger partial charge < -0.3 is 29.7 Å². The summed E-state index contributed by atoms with van der Waals surface area (Å²) in [6.45, 7) is 5.28. The molecule has 0 spiro atoms. The second kappa shape index (κ2) is 15.6. The van der Waals surface area contributed by atoms with E-state index in [-0.39, 0.29) is 30.5 Å². The van der Waals surface area contributed by atoms with Crippen LogP contribution in [-0.2, 0) is 15.9 Å². The van der Waals surface area contributed by atoms with Gasteiger partial charge in [-0.3, -0.25) is 4.90 Å². The van der Waals surface area contributed by atoms with Crippen LogP contribution in [0, 0.1) is 29.0 Å². The zero-order valence-electron chi connectivity index (χ0n) is 26.6. The quantitative estimate of drug-likeness (QED) is 0.198. The summed E-state index contributed by atoms with van der Waals surface area (Å²) in [5.74, 6) is 5.71. The van der Waals surface area contributed by atoms with Crippen molar-refractivity contribution in [3.05, 3.63) is 46.6 Å². The van der Waals surface area contributed by atoms with Crippen molar-refractivity contribution in [2.75, 3.05) is 81.3 Å². The molecule has 3 heterocycles. The summed E-state index contributed by atoms with van der Waals surface area (Å²) in [5.41, 5.74) is 1.64. The van der Waals surface area contributed by atoms with Crippen LogP contribution in [0.25, 0.3) is 10.1 Å². The fourth-order valence-corrected chi connectivity index (χ4v) is 7.90. The third-order valence-electron chi connectivity index (χ3n) is 9.08. The number of hydrogen-bond acceptors (Lipinski definition) is 9. The smallest absolute Gasteiger partial charge is 0.393 e. The number of benzene rings is 2. The van der Waals surface area contributed by atoms with E-state index in [1.165, 1.54) is 17.4 Å². The molecule has 0 amide bonds. The first-order valence-electron chi connectivity index (χ1n) is 16.4. The van der Waals surface area contributed by atoms with Crippen molar-refractivity contribution in [1.29, 1.82) is 5.26 Å². The van der Waals surface area contributed by atoms with Crippen LogP contribution in [0.1, 0.15) is 36.1 Å². The van der Waals surface area contributed by atoms with Crippen LogP contribution < -0.4 is 20.3 Å². The molecule has 3 fully saturated rings. The summed E-state index contributed by atoms with van der Waals surface area (Å²) in [6.07, 6.45) is -1.36. The molecule has 0 radical (unpaired) electrons. The number of ether oxygens (including phenoxy) is 3. The van der Waals surface area contributed by atoms with Crippen LogP contribution in [0.2, 0.25) is 0 Å². The van der Waals surface area contributed by atoms with E-state index < -0.39 is 18.4 Å². The van der Waals surface area contributed by atoms with Crippen molar-refractivity contribution < 1.29 is 31.8 Å². The van der Waals surface area contributed by atoms with Crippen LogP contribution in [0.4, 0.5) is 34.6 Å². The number of nitrogens with zero attached hydrogens (tertiary/aromatic N) is 3. The van der Waals surface area contributed by atoms with E-state index in [1.54, 1.807) is 18.2 Å². The van der Waals surface area contributed by atoms with E-state index in [9.17, 15) is 13.2 Å². The van der Waals surface area contributed by atoms with Crippen molar-refractivity contribution in [1.82, 2.24) is 4.90 Å². The Hall–Kier alpha value is -3.75. The predicted octanol–water partition coefficient (Wildman–Crippen LogP) is 6.40. The van der Waals surface area contributed by atoms with E-state index in [2.05, 4.69) is 27.4 Å². The Kier molecular flexibility index (Phi) is 11.1. The predicted molar refractivity (Wildman–Crippen MR) is 180 cm³/mol. The summed E-state index contributed by atoms with van der Waals surface area (Å²) in [4.78, 5) is 4.72. The number of hydrogen-bond donors (Lipinski definition) is 2. The Bertz CT molecular complexity index is 1660. The lowest BCUT2D eigenvalue weighted by Gasteiger charge is -2.39. The van der Waals surface area contributed by atoms with Crippen LogP contribution in [0.5, 0.6) is 5.75 Å². The summed E-state index contributed by atoms with van der Waals surface area (Å²) in [5, 5.41) is 16.3. The highest BCUT2D eigenvalue weighted by Crippen LogP contribution is 2.40. The van der Waals surface area contributed by atoms with Gasteiger partial charge in [0.25, 0.3) is 0 Å². The van der Waals surface area contributed by atoms with Gasteiger partial charge in [0.15, 0.2) is 6.61 Å². The molecule has 48 heavy (non-hydrogen) atoms. The Balaban J connectivity index is 1.19. The molecule has 3 aromatic rings. The van der Waals surface area contributed by atoms with Crippen LogP contribution in [0.3, 0.4) is 0 Å². The van der Waals surface area contributed by atoms with Crippen molar-refractivity contribution in [3.63, 3.8) is 0 Å². The minimum atomic E-state index is -4.41. The van der Waals surface area contributed by atoms with Gasteiger partial charge in [0, 0.05) is 50.4 Å². The van der Waals surface area contributed by atoms with E-state index in [0.717, 1.165) is 62.4 Å². The van der Waals surface area contributed by atoms with E-state index in [0.29, 0.717) is 54.0 Å². The second-order valence-corrected chi connectivity index (χ2v) is 13.2. The molecule has 2 saturated heterocycles. The lowest BCUT2D eigenvalue weighted by Crippen LogP contribution is -2.46. The molecule has 1 aliphatic carbocycles. The third kappa shape index (κ3) is 8.45. The fourth-order valence-electron chi connectivity index (χ4n) is 6.73. The summed E-state index contributed by atoms with van der Waals surface area (Å²) >= 11 is 1.26. The minimum Gasteiger partial charge on any atom is -0.477 e. The van der Waals surface area contributed by atoms with Crippen molar-refractivity contribution in [3.8, 4) is 23.7 Å². The second-order valence-electron chi connectivity index (χ2n) is 12.2. The molecule has 0 bridgehead atoms. The lowest BCUT2D eigenvalue weighted by atomic mass is 9.89. The van der Waals surface area contributed by atoms with Crippen molar-refractivity contribution >= 4 is 38.5 Å². The number of anilines is 3. The first-order chi connectivity index (χ1) is 23.3. The number of fused-ring (bicyclic) bond motifs is 1. The zero-order valence-corrected chi connectivity index (χ0v) is 27.5. The van der Waals surface area contributed by atoms with Gasteiger partial charge in [-0.2, -0.15) is 18.4 Å². The highest BCUT2D eigenvalue weighted by molar-refractivity contribution is 7.20. The first kappa shape index (κ1) is 34.1. The van der Waals surface area contributed by atoms with Gasteiger partial charge >= 0.3 is 6.18 Å². The Labute approximate surface area is 281 Å². The number of rotatable bonds is 9. The monoisotopic (exact) mass is 685 g/mol. The largest absolute Gasteiger partial charge is 0.477 e. The molecule has 6 rings (SSSR count). The molecule has 0 atom stereocenters. The van der Waals surface area contributed by atoms with Crippen LogP contribution in [-0.4, -0.2) is 88.9 Å². The number of thiophene rings is 1. The average Bonchev–Trinajstić information content (AvgIpc) is 3.43. The summed E-state index contributed by atoms with van der Waals surface area (Å²) in [7, 11) is 0. The first-order valence-corrected chi connectivity index (χ1v) is 17.2. The van der Waals surface area contributed by atoms with E-state index in [1.807, 2.05) is 17.0 Å². The summed E-state index contributed by atoms with van der Waals surface area (Å²) in [6, 6.07) is 11.0. The van der Waals surface area contributed by atoms with Crippen molar-refractivity contribution in [2.24, 2.45) is 0 Å². The zero-order chi connectivity index (χ0) is 33.5. The highest BCUT2D eigenvalue weighted by Gasteiger charge is 2.32. The van der Waals surface area contributed by atoms with Crippen LogP contribution in [0.15, 0.2) is 30.3 Å². The molecule has 0 unspecified atom stereocenters. The minimum absolute atomic E-state index is 0.0243. The van der Waals surface area contributed by atoms with E-state index >= 15 is 4.39 Å². The number of nitrogens with one attached hydrogen (secondary N) is 2. The SMILES string of the molecule is N#CCOc1cc(N2CCOCC2)c(F)cc1NCC#Cc1sc2c(NC3CCC(N4CCOCC4)CC3)cccc2c1CC(F)(F)F. The molecule has 3 aliphatic rings. The van der Waals surface area contributed by atoms with Crippen molar-refractivity contribution in [2.45, 2.75) is 50.4 Å². The van der Waals surface area contributed by atoms with Gasteiger partial charge in [-0.15, -0.1) is 11.3 Å². The Morgan fingerprint density at radius 3 is 2.42 bits per heavy atom. The molecular weight excluding hydrogens is 646 g/mol. The maximum absolute atomic E-state index is 15.2. The number of alkyl halides is 3.